The first-order chi connectivity index (χ1) is 6.85. The average Bonchev–Trinajstić information content (AvgIpc) is 2.10. The highest BCUT2D eigenvalue weighted by molar-refractivity contribution is 9.09. The summed E-state index contributed by atoms with van der Waals surface area (Å²) in [6, 6.07) is 0.221. The molecule has 1 N–H and O–H groups in total. The number of amides is 1. The van der Waals surface area contributed by atoms with Gasteiger partial charge in [0, 0.05) is 11.4 Å². The number of hydrogen-bond donors (Lipinski definition) is 1. The number of carbonyl (C=O) groups is 1. The second-order valence-electron chi connectivity index (χ2n) is 4.70. The van der Waals surface area contributed by atoms with Gasteiger partial charge in [0.2, 0.25) is 5.91 Å². The monoisotopic (exact) mass is 279 g/mol. The minimum absolute atomic E-state index is 0.0352. The van der Waals surface area contributed by atoms with E-state index in [0.717, 1.165) is 18.2 Å². The van der Waals surface area contributed by atoms with E-state index in [9.17, 15) is 4.79 Å². The summed E-state index contributed by atoms with van der Waals surface area (Å²) in [5, 5.41) is 3.88. The zero-order chi connectivity index (χ0) is 11.9. The predicted molar refractivity (Wildman–Crippen MR) is 66.3 cm³/mol. The molecule has 0 aromatic heterocycles. The van der Waals surface area contributed by atoms with Gasteiger partial charge in [0.25, 0.3) is 0 Å². The van der Waals surface area contributed by atoms with Gasteiger partial charge in [-0.15, -0.1) is 0 Å². The molecule has 0 radical (unpaired) electrons. The van der Waals surface area contributed by atoms with E-state index in [2.05, 4.69) is 21.2 Å². The van der Waals surface area contributed by atoms with Crippen molar-refractivity contribution in [3.05, 3.63) is 0 Å². The van der Waals surface area contributed by atoms with E-state index in [1.165, 1.54) is 0 Å². The molecular formula is C11H22BrNO2. The van der Waals surface area contributed by atoms with Crippen LogP contribution < -0.4 is 5.32 Å². The van der Waals surface area contributed by atoms with Crippen LogP contribution in [-0.4, -0.2) is 29.5 Å². The Balaban J connectivity index is 3.64. The number of alkyl halides is 1. The van der Waals surface area contributed by atoms with Crippen molar-refractivity contribution >= 4 is 21.8 Å². The molecule has 0 spiro atoms. The Morgan fingerprint density at radius 3 is 2.53 bits per heavy atom. The fourth-order valence-electron chi connectivity index (χ4n) is 1.05. The van der Waals surface area contributed by atoms with E-state index in [4.69, 9.17) is 4.74 Å². The summed E-state index contributed by atoms with van der Waals surface area (Å²) in [4.78, 5) is 11.4. The molecule has 0 saturated heterocycles. The maximum Gasteiger partial charge on any atom is 0.246 e. The van der Waals surface area contributed by atoms with E-state index in [1.807, 2.05) is 27.7 Å². The number of ether oxygens (including phenoxy) is 1. The Morgan fingerprint density at radius 1 is 1.47 bits per heavy atom. The quantitative estimate of drug-likeness (QED) is 0.759. The first-order valence-electron chi connectivity index (χ1n) is 5.34. The second kappa shape index (κ2) is 7.23. The molecule has 0 bridgehead atoms. The predicted octanol–water partition coefficient (Wildman–Crippen LogP) is 2.48. The molecule has 0 fully saturated rings. The number of halogens is 1. The van der Waals surface area contributed by atoms with E-state index in [-0.39, 0.29) is 24.2 Å². The van der Waals surface area contributed by atoms with Gasteiger partial charge in [-0.3, -0.25) is 4.79 Å². The van der Waals surface area contributed by atoms with Crippen LogP contribution in [0.1, 0.15) is 40.5 Å². The van der Waals surface area contributed by atoms with Crippen LogP contribution in [0, 0.1) is 0 Å². The molecular weight excluding hydrogens is 258 g/mol. The lowest BCUT2D eigenvalue weighted by Gasteiger charge is -2.20. The lowest BCUT2D eigenvalue weighted by molar-refractivity contribution is -0.131. The topological polar surface area (TPSA) is 38.3 Å². The van der Waals surface area contributed by atoms with Crippen molar-refractivity contribution in [3.8, 4) is 0 Å². The van der Waals surface area contributed by atoms with Gasteiger partial charge in [-0.25, -0.2) is 0 Å². The standard InChI is InChI=1S/C11H22BrNO2/c1-9(6-5-7-12)13-10(14)8-15-11(2,3)4/h9H,5-8H2,1-4H3,(H,13,14). The van der Waals surface area contributed by atoms with E-state index < -0.39 is 0 Å². The van der Waals surface area contributed by atoms with Crippen molar-refractivity contribution in [2.45, 2.75) is 52.2 Å². The highest BCUT2D eigenvalue weighted by Gasteiger charge is 2.13. The molecule has 90 valence electrons. The second-order valence-corrected chi connectivity index (χ2v) is 5.49. The van der Waals surface area contributed by atoms with E-state index in [1.54, 1.807) is 0 Å². The van der Waals surface area contributed by atoms with Crippen LogP contribution in [0.3, 0.4) is 0 Å². The lowest BCUT2D eigenvalue weighted by atomic mass is 10.2. The van der Waals surface area contributed by atoms with E-state index in [0.29, 0.717) is 0 Å². The van der Waals surface area contributed by atoms with Gasteiger partial charge in [0.1, 0.15) is 6.61 Å². The molecule has 1 amide bonds. The summed E-state index contributed by atoms with van der Waals surface area (Å²) in [6.07, 6.45) is 2.06. The van der Waals surface area contributed by atoms with Gasteiger partial charge in [-0.1, -0.05) is 15.9 Å². The smallest absolute Gasteiger partial charge is 0.246 e. The molecule has 15 heavy (non-hydrogen) atoms. The molecule has 0 aliphatic heterocycles. The molecule has 3 nitrogen and oxygen atoms in total. The molecule has 0 aliphatic carbocycles. The zero-order valence-electron chi connectivity index (χ0n) is 10.1. The normalized spacial score (nSPS) is 13.7. The Labute approximate surface area is 101 Å². The third kappa shape index (κ3) is 10.2. The van der Waals surface area contributed by atoms with Gasteiger partial charge in [-0.2, -0.15) is 0 Å². The van der Waals surface area contributed by atoms with Gasteiger partial charge in [0.05, 0.1) is 5.60 Å². The first kappa shape index (κ1) is 14.9. The van der Waals surface area contributed by atoms with Crippen LogP contribution in [0.15, 0.2) is 0 Å². The fraction of sp³-hybridized carbons (Fsp3) is 0.909. The highest BCUT2D eigenvalue weighted by atomic mass is 79.9. The molecule has 0 rings (SSSR count). The van der Waals surface area contributed by atoms with Crippen LogP contribution in [0.2, 0.25) is 0 Å². The maximum absolute atomic E-state index is 11.4. The van der Waals surface area contributed by atoms with Crippen LogP contribution in [0.5, 0.6) is 0 Å². The largest absolute Gasteiger partial charge is 0.366 e. The summed E-state index contributed by atoms with van der Waals surface area (Å²) in [6.45, 7) is 7.97. The molecule has 0 saturated carbocycles. The lowest BCUT2D eigenvalue weighted by Crippen LogP contribution is -2.37. The Kier molecular flexibility index (Phi) is 7.18. The summed E-state index contributed by atoms with van der Waals surface area (Å²) in [7, 11) is 0. The van der Waals surface area contributed by atoms with E-state index >= 15 is 0 Å². The summed E-state index contributed by atoms with van der Waals surface area (Å²) < 4.78 is 5.38. The Morgan fingerprint density at radius 2 is 2.07 bits per heavy atom. The Bertz CT molecular complexity index is 190. The molecule has 0 aromatic rings. The zero-order valence-corrected chi connectivity index (χ0v) is 11.7. The molecule has 0 aliphatic rings. The van der Waals surface area contributed by atoms with Crippen LogP contribution in [0.25, 0.3) is 0 Å². The van der Waals surface area contributed by atoms with Gasteiger partial charge in [0.15, 0.2) is 0 Å². The molecule has 1 unspecified atom stereocenters. The minimum atomic E-state index is -0.254. The summed E-state index contributed by atoms with van der Waals surface area (Å²) in [5.74, 6) is -0.0352. The van der Waals surface area contributed by atoms with Crippen molar-refractivity contribution in [1.29, 1.82) is 0 Å². The summed E-state index contributed by atoms with van der Waals surface area (Å²) in [5.41, 5.74) is -0.254. The van der Waals surface area contributed by atoms with Crippen molar-refractivity contribution in [1.82, 2.24) is 5.32 Å². The number of carbonyl (C=O) groups excluding carboxylic acids is 1. The van der Waals surface area contributed by atoms with Crippen molar-refractivity contribution < 1.29 is 9.53 Å². The number of hydrogen-bond acceptors (Lipinski definition) is 2. The average molecular weight is 280 g/mol. The van der Waals surface area contributed by atoms with Crippen molar-refractivity contribution in [2.75, 3.05) is 11.9 Å². The number of nitrogens with one attached hydrogen (secondary N) is 1. The van der Waals surface area contributed by atoms with Gasteiger partial charge in [-0.05, 0) is 40.5 Å². The van der Waals surface area contributed by atoms with Crippen LogP contribution >= 0.6 is 15.9 Å². The molecule has 0 heterocycles. The molecule has 0 aromatic carbocycles. The highest BCUT2D eigenvalue weighted by Crippen LogP contribution is 2.06. The van der Waals surface area contributed by atoms with Gasteiger partial charge >= 0.3 is 0 Å². The summed E-state index contributed by atoms with van der Waals surface area (Å²) >= 11 is 3.36. The Hall–Kier alpha value is -0.0900. The fourth-order valence-corrected chi connectivity index (χ4v) is 1.38. The van der Waals surface area contributed by atoms with Crippen LogP contribution in [-0.2, 0) is 9.53 Å². The van der Waals surface area contributed by atoms with Crippen molar-refractivity contribution in [2.24, 2.45) is 0 Å². The van der Waals surface area contributed by atoms with Crippen LogP contribution in [0.4, 0.5) is 0 Å². The van der Waals surface area contributed by atoms with Crippen molar-refractivity contribution in [3.63, 3.8) is 0 Å². The first-order valence-corrected chi connectivity index (χ1v) is 6.46. The SMILES string of the molecule is CC(CCCBr)NC(=O)COC(C)(C)C. The third-order valence-electron chi connectivity index (χ3n) is 1.81. The number of rotatable bonds is 6. The third-order valence-corrected chi connectivity index (χ3v) is 2.38. The van der Waals surface area contributed by atoms with Gasteiger partial charge < -0.3 is 10.1 Å². The minimum Gasteiger partial charge on any atom is -0.366 e. The maximum atomic E-state index is 11.4. The molecule has 4 heteroatoms. The molecule has 1 atom stereocenters.